The van der Waals surface area contributed by atoms with Gasteiger partial charge in [-0.05, 0) is 30.0 Å². The molecule has 1 unspecified atom stereocenters. The van der Waals surface area contributed by atoms with Gasteiger partial charge in [0.2, 0.25) is 0 Å². The molecule has 0 bridgehead atoms. The molecule has 0 saturated carbocycles. The fourth-order valence-corrected chi connectivity index (χ4v) is 1.99. The van der Waals surface area contributed by atoms with Crippen LogP contribution in [0.3, 0.4) is 0 Å². The molecule has 0 radical (unpaired) electrons. The first kappa shape index (κ1) is 12.6. The normalized spacial score (nSPS) is 12.8. The second-order valence-electron chi connectivity index (χ2n) is 4.40. The van der Waals surface area contributed by atoms with Crippen LogP contribution in [0.2, 0.25) is 0 Å². The van der Waals surface area contributed by atoms with E-state index in [2.05, 4.69) is 48.5 Å². The Balaban J connectivity index is 2.26. The largest absolute Gasteiger partial charge is 0.389 e. The van der Waals surface area contributed by atoms with Crippen LogP contribution >= 0.6 is 0 Å². The highest BCUT2D eigenvalue weighted by atomic mass is 16.3. The van der Waals surface area contributed by atoms with Gasteiger partial charge in [-0.15, -0.1) is 0 Å². The zero-order valence-corrected chi connectivity index (χ0v) is 10.6. The van der Waals surface area contributed by atoms with Crippen molar-refractivity contribution >= 4 is 0 Å². The van der Waals surface area contributed by atoms with Crippen LogP contribution in [0.25, 0.3) is 11.1 Å². The predicted octanol–water partition coefficient (Wildman–Crippen LogP) is 3.83. The number of hydrogen-bond donors (Lipinski definition) is 1. The van der Waals surface area contributed by atoms with Crippen molar-refractivity contribution < 1.29 is 5.11 Å². The van der Waals surface area contributed by atoms with Gasteiger partial charge in [-0.3, -0.25) is 0 Å². The zero-order chi connectivity index (χ0) is 12.8. The van der Waals surface area contributed by atoms with Crippen molar-refractivity contribution in [2.45, 2.75) is 19.4 Å². The summed E-state index contributed by atoms with van der Waals surface area (Å²) in [6, 6.07) is 18.8. The summed E-state index contributed by atoms with van der Waals surface area (Å²) in [5.41, 5.74) is 3.77. The first-order valence-electron chi connectivity index (χ1n) is 6.25. The second kappa shape index (κ2) is 6.18. The Morgan fingerprint density at radius 2 is 1.67 bits per heavy atom. The lowest BCUT2D eigenvalue weighted by Crippen LogP contribution is -1.93. The van der Waals surface area contributed by atoms with E-state index in [0.29, 0.717) is 0 Å². The number of allylic oxidation sites excluding steroid dienone is 1. The minimum atomic E-state index is -0.381. The van der Waals surface area contributed by atoms with Gasteiger partial charge in [0.15, 0.2) is 0 Å². The molecular formula is C17H18O. The molecular weight excluding hydrogens is 220 g/mol. The molecule has 2 rings (SSSR count). The van der Waals surface area contributed by atoms with Gasteiger partial charge in [0, 0.05) is 0 Å². The van der Waals surface area contributed by atoms with Crippen LogP contribution in [-0.4, -0.2) is 11.2 Å². The van der Waals surface area contributed by atoms with Crippen LogP contribution in [0, 0.1) is 0 Å². The van der Waals surface area contributed by atoms with Crippen LogP contribution in [0.4, 0.5) is 0 Å². The summed E-state index contributed by atoms with van der Waals surface area (Å²) in [5, 5.41) is 9.23. The Morgan fingerprint density at radius 1 is 1.00 bits per heavy atom. The van der Waals surface area contributed by atoms with E-state index in [1.54, 1.807) is 6.92 Å². The maximum absolute atomic E-state index is 9.23. The maximum atomic E-state index is 9.23. The minimum Gasteiger partial charge on any atom is -0.389 e. The fourth-order valence-electron chi connectivity index (χ4n) is 1.99. The molecule has 2 aromatic rings. The van der Waals surface area contributed by atoms with Gasteiger partial charge in [-0.1, -0.05) is 66.7 Å². The summed E-state index contributed by atoms with van der Waals surface area (Å²) in [6.07, 6.45) is 4.30. The average Bonchev–Trinajstić information content (AvgIpc) is 2.40. The molecule has 92 valence electrons. The monoisotopic (exact) mass is 238 g/mol. The lowest BCUT2D eigenvalue weighted by molar-refractivity contribution is 0.244. The molecule has 0 aliphatic carbocycles. The van der Waals surface area contributed by atoms with Gasteiger partial charge in [0.25, 0.3) is 0 Å². The predicted molar refractivity (Wildman–Crippen MR) is 76.4 cm³/mol. The lowest BCUT2D eigenvalue weighted by atomic mass is 9.97. The van der Waals surface area contributed by atoms with E-state index in [4.69, 9.17) is 0 Å². The number of rotatable bonds is 4. The smallest absolute Gasteiger partial charge is 0.0692 e. The van der Waals surface area contributed by atoms with Crippen molar-refractivity contribution in [3.8, 4) is 11.1 Å². The molecule has 1 nitrogen and oxygen atoms in total. The average molecular weight is 238 g/mol. The lowest BCUT2D eigenvalue weighted by Gasteiger charge is -2.07. The molecule has 0 aromatic heterocycles. The molecule has 2 aromatic carbocycles. The number of aliphatic hydroxyl groups is 1. The molecule has 1 atom stereocenters. The number of hydrogen-bond acceptors (Lipinski definition) is 1. The summed E-state index contributed by atoms with van der Waals surface area (Å²) < 4.78 is 0. The fraction of sp³-hybridized carbons (Fsp3) is 0.176. The first-order chi connectivity index (χ1) is 8.77. The summed E-state index contributed by atoms with van der Waals surface area (Å²) >= 11 is 0. The highest BCUT2D eigenvalue weighted by Gasteiger charge is 2.02. The summed E-state index contributed by atoms with van der Waals surface area (Å²) in [7, 11) is 0. The van der Waals surface area contributed by atoms with Crippen LogP contribution in [0.1, 0.15) is 12.5 Å². The highest BCUT2D eigenvalue weighted by Crippen LogP contribution is 2.23. The van der Waals surface area contributed by atoms with E-state index in [0.717, 1.165) is 6.42 Å². The van der Waals surface area contributed by atoms with Crippen molar-refractivity contribution in [2.24, 2.45) is 0 Å². The van der Waals surface area contributed by atoms with E-state index >= 15 is 0 Å². The minimum absolute atomic E-state index is 0.381. The van der Waals surface area contributed by atoms with E-state index < -0.39 is 0 Å². The molecule has 0 aliphatic heterocycles. The maximum Gasteiger partial charge on any atom is 0.0692 e. The third-order valence-corrected chi connectivity index (χ3v) is 2.85. The number of benzene rings is 2. The molecule has 0 heterocycles. The van der Waals surface area contributed by atoms with E-state index in [1.807, 2.05) is 18.2 Å². The second-order valence-corrected chi connectivity index (χ2v) is 4.40. The Labute approximate surface area is 108 Å². The molecule has 18 heavy (non-hydrogen) atoms. The summed E-state index contributed by atoms with van der Waals surface area (Å²) in [6.45, 7) is 1.76. The van der Waals surface area contributed by atoms with E-state index in [9.17, 15) is 5.11 Å². The third kappa shape index (κ3) is 3.31. The van der Waals surface area contributed by atoms with Gasteiger partial charge >= 0.3 is 0 Å². The van der Waals surface area contributed by atoms with Crippen molar-refractivity contribution in [3.63, 3.8) is 0 Å². The standard InChI is InChI=1S/C17H18O/c1-14(18)8-7-12-16-11-5-6-13-17(16)15-9-3-2-4-10-15/h2-11,13-14,18H,12H2,1H3. The van der Waals surface area contributed by atoms with Crippen molar-refractivity contribution in [2.75, 3.05) is 0 Å². The van der Waals surface area contributed by atoms with Gasteiger partial charge in [-0.25, -0.2) is 0 Å². The molecule has 0 fully saturated rings. The van der Waals surface area contributed by atoms with Crippen molar-refractivity contribution in [1.82, 2.24) is 0 Å². The Hall–Kier alpha value is -1.86. The molecule has 0 saturated heterocycles. The van der Waals surface area contributed by atoms with Crippen molar-refractivity contribution in [3.05, 3.63) is 72.3 Å². The first-order valence-corrected chi connectivity index (χ1v) is 6.25. The summed E-state index contributed by atoms with van der Waals surface area (Å²) in [5.74, 6) is 0. The molecule has 1 N–H and O–H groups in total. The molecule has 0 amide bonds. The SMILES string of the molecule is CC(O)C=CCc1ccccc1-c1ccccc1. The van der Waals surface area contributed by atoms with Crippen LogP contribution in [0.15, 0.2) is 66.7 Å². The van der Waals surface area contributed by atoms with Crippen LogP contribution in [-0.2, 0) is 6.42 Å². The van der Waals surface area contributed by atoms with Gasteiger partial charge in [0.05, 0.1) is 6.10 Å². The van der Waals surface area contributed by atoms with E-state index in [1.165, 1.54) is 16.7 Å². The topological polar surface area (TPSA) is 20.2 Å². The Kier molecular flexibility index (Phi) is 4.32. The molecule has 0 aliphatic rings. The highest BCUT2D eigenvalue weighted by molar-refractivity contribution is 5.67. The Bertz CT molecular complexity index is 512. The molecule has 0 spiro atoms. The summed E-state index contributed by atoms with van der Waals surface area (Å²) in [4.78, 5) is 0. The van der Waals surface area contributed by atoms with Gasteiger partial charge in [0.1, 0.15) is 0 Å². The molecule has 1 heteroatoms. The Morgan fingerprint density at radius 3 is 2.39 bits per heavy atom. The van der Waals surface area contributed by atoms with E-state index in [-0.39, 0.29) is 6.10 Å². The zero-order valence-electron chi connectivity index (χ0n) is 10.6. The number of aliphatic hydroxyl groups excluding tert-OH is 1. The van der Waals surface area contributed by atoms with Gasteiger partial charge < -0.3 is 5.11 Å². The van der Waals surface area contributed by atoms with Crippen LogP contribution < -0.4 is 0 Å². The third-order valence-electron chi connectivity index (χ3n) is 2.85. The quantitative estimate of drug-likeness (QED) is 0.802. The van der Waals surface area contributed by atoms with Crippen molar-refractivity contribution in [1.29, 1.82) is 0 Å². The van der Waals surface area contributed by atoms with Crippen LogP contribution in [0.5, 0.6) is 0 Å². The van der Waals surface area contributed by atoms with Gasteiger partial charge in [-0.2, -0.15) is 0 Å².